The van der Waals surface area contributed by atoms with E-state index in [1.165, 1.54) is 64.2 Å². The third-order valence-corrected chi connectivity index (χ3v) is 5.57. The zero-order valence-corrected chi connectivity index (χ0v) is 11.3. The first-order valence-corrected chi connectivity index (χ1v) is 7.73. The fourth-order valence-electron chi connectivity index (χ4n) is 4.88. The number of nitrogens with zero attached hydrogens (tertiary/aromatic N) is 1. The van der Waals surface area contributed by atoms with Crippen LogP contribution in [0.25, 0.3) is 0 Å². The molecule has 2 aliphatic heterocycles. The lowest BCUT2D eigenvalue weighted by Crippen LogP contribution is -2.63. The van der Waals surface area contributed by atoms with E-state index in [4.69, 9.17) is 5.73 Å². The van der Waals surface area contributed by atoms with Gasteiger partial charge in [-0.1, -0.05) is 25.7 Å². The average molecular weight is 236 g/mol. The van der Waals surface area contributed by atoms with E-state index in [1.807, 2.05) is 0 Å². The minimum absolute atomic E-state index is 0.480. The summed E-state index contributed by atoms with van der Waals surface area (Å²) in [4.78, 5) is 2.93. The maximum absolute atomic E-state index is 6.23. The van der Waals surface area contributed by atoms with Crippen LogP contribution in [0.4, 0.5) is 0 Å². The van der Waals surface area contributed by atoms with Crippen molar-refractivity contribution >= 4 is 0 Å². The highest BCUT2D eigenvalue weighted by Crippen LogP contribution is 2.44. The monoisotopic (exact) mass is 236 g/mol. The molecule has 0 spiro atoms. The standard InChI is InChI=1S/C15H28N2/c1-15(8-3-2-4-9-15)17-13-6-5-7-14(17)11-12(16)10-13/h12-14H,2-11,16H2,1H3. The van der Waals surface area contributed by atoms with Gasteiger partial charge >= 0.3 is 0 Å². The van der Waals surface area contributed by atoms with Crippen molar-refractivity contribution in [3.8, 4) is 0 Å². The Balaban J connectivity index is 1.81. The Bertz CT molecular complexity index is 256. The first-order chi connectivity index (χ1) is 8.19. The molecule has 3 rings (SSSR count). The van der Waals surface area contributed by atoms with Crippen molar-refractivity contribution in [3.05, 3.63) is 0 Å². The molecule has 0 aromatic carbocycles. The van der Waals surface area contributed by atoms with Crippen molar-refractivity contribution in [3.63, 3.8) is 0 Å². The van der Waals surface area contributed by atoms with Crippen molar-refractivity contribution in [1.82, 2.24) is 4.90 Å². The van der Waals surface area contributed by atoms with E-state index >= 15 is 0 Å². The van der Waals surface area contributed by atoms with E-state index in [1.54, 1.807) is 0 Å². The Labute approximate surface area is 106 Å². The van der Waals surface area contributed by atoms with Gasteiger partial charge in [0.25, 0.3) is 0 Å². The summed E-state index contributed by atoms with van der Waals surface area (Å²) in [6.45, 7) is 2.54. The molecule has 17 heavy (non-hydrogen) atoms. The second-order valence-corrected chi connectivity index (χ2v) is 6.93. The zero-order valence-electron chi connectivity index (χ0n) is 11.3. The van der Waals surface area contributed by atoms with E-state index in [-0.39, 0.29) is 0 Å². The van der Waals surface area contributed by atoms with Crippen molar-refractivity contribution < 1.29 is 0 Å². The van der Waals surface area contributed by atoms with Crippen LogP contribution in [-0.2, 0) is 0 Å². The number of rotatable bonds is 1. The molecule has 0 amide bonds. The van der Waals surface area contributed by atoms with Gasteiger partial charge < -0.3 is 5.73 Å². The quantitative estimate of drug-likeness (QED) is 0.758. The summed E-state index contributed by atoms with van der Waals surface area (Å²) in [5.41, 5.74) is 6.74. The van der Waals surface area contributed by atoms with E-state index in [9.17, 15) is 0 Å². The minimum atomic E-state index is 0.480. The molecule has 98 valence electrons. The minimum Gasteiger partial charge on any atom is -0.328 e. The molecule has 0 radical (unpaired) electrons. The van der Waals surface area contributed by atoms with Crippen molar-refractivity contribution in [2.24, 2.45) is 5.73 Å². The third kappa shape index (κ3) is 2.15. The summed E-state index contributed by atoms with van der Waals surface area (Å²) in [6, 6.07) is 2.09. The summed E-state index contributed by atoms with van der Waals surface area (Å²) < 4.78 is 0. The van der Waals surface area contributed by atoms with E-state index < -0.39 is 0 Å². The lowest BCUT2D eigenvalue weighted by molar-refractivity contribution is -0.0670. The van der Waals surface area contributed by atoms with Crippen molar-refractivity contribution in [1.29, 1.82) is 0 Å². The highest BCUT2D eigenvalue weighted by atomic mass is 15.3. The highest BCUT2D eigenvalue weighted by molar-refractivity contribution is 5.02. The molecule has 2 nitrogen and oxygen atoms in total. The summed E-state index contributed by atoms with van der Waals surface area (Å²) >= 11 is 0. The largest absolute Gasteiger partial charge is 0.328 e. The molecule has 2 unspecified atom stereocenters. The molecular formula is C15H28N2. The number of hydrogen-bond donors (Lipinski definition) is 1. The molecule has 2 N–H and O–H groups in total. The summed E-state index contributed by atoms with van der Waals surface area (Å²) in [5, 5.41) is 0. The molecule has 1 saturated carbocycles. The summed E-state index contributed by atoms with van der Waals surface area (Å²) in [6.07, 6.45) is 14.0. The maximum Gasteiger partial charge on any atom is 0.0187 e. The maximum atomic E-state index is 6.23. The predicted octanol–water partition coefficient (Wildman–Crippen LogP) is 3.05. The van der Waals surface area contributed by atoms with Crippen LogP contribution in [-0.4, -0.2) is 28.6 Å². The van der Waals surface area contributed by atoms with Crippen molar-refractivity contribution in [2.75, 3.05) is 0 Å². The van der Waals surface area contributed by atoms with Gasteiger partial charge in [-0.05, 0) is 45.4 Å². The van der Waals surface area contributed by atoms with Gasteiger partial charge in [0.15, 0.2) is 0 Å². The zero-order chi connectivity index (χ0) is 11.9. The van der Waals surface area contributed by atoms with Crippen LogP contribution in [0.3, 0.4) is 0 Å². The Morgan fingerprint density at radius 3 is 2.12 bits per heavy atom. The number of hydrogen-bond acceptors (Lipinski definition) is 2. The molecule has 3 aliphatic rings. The predicted molar refractivity (Wildman–Crippen MR) is 72.0 cm³/mol. The Kier molecular flexibility index (Phi) is 3.20. The van der Waals surface area contributed by atoms with Gasteiger partial charge in [0, 0.05) is 23.7 Å². The molecule has 2 saturated heterocycles. The summed E-state index contributed by atoms with van der Waals surface area (Å²) in [5.74, 6) is 0. The topological polar surface area (TPSA) is 29.3 Å². The Morgan fingerprint density at radius 1 is 0.941 bits per heavy atom. The fourth-order valence-corrected chi connectivity index (χ4v) is 4.88. The first-order valence-electron chi connectivity index (χ1n) is 7.73. The van der Waals surface area contributed by atoms with Gasteiger partial charge in [-0.15, -0.1) is 0 Å². The van der Waals surface area contributed by atoms with Crippen LogP contribution < -0.4 is 5.73 Å². The van der Waals surface area contributed by atoms with Gasteiger partial charge in [-0.3, -0.25) is 4.90 Å². The molecular weight excluding hydrogens is 208 g/mol. The van der Waals surface area contributed by atoms with Crippen molar-refractivity contribution in [2.45, 2.75) is 94.8 Å². The number of fused-ring (bicyclic) bond motifs is 2. The number of piperidine rings is 2. The van der Waals surface area contributed by atoms with Crippen LogP contribution in [0.5, 0.6) is 0 Å². The normalized spacial score (nSPS) is 42.4. The molecule has 1 aliphatic carbocycles. The first kappa shape index (κ1) is 12.0. The molecule has 2 heteroatoms. The number of nitrogens with two attached hydrogens (primary N) is 1. The average Bonchev–Trinajstić information content (AvgIpc) is 2.28. The van der Waals surface area contributed by atoms with E-state index in [2.05, 4.69) is 11.8 Å². The van der Waals surface area contributed by atoms with Crippen LogP contribution in [0.2, 0.25) is 0 Å². The summed E-state index contributed by atoms with van der Waals surface area (Å²) in [7, 11) is 0. The fraction of sp³-hybridized carbons (Fsp3) is 1.00. The molecule has 2 heterocycles. The molecule has 0 aromatic heterocycles. The van der Waals surface area contributed by atoms with Gasteiger partial charge in [-0.2, -0.15) is 0 Å². The molecule has 0 aromatic rings. The van der Waals surface area contributed by atoms with Crippen LogP contribution in [0.15, 0.2) is 0 Å². The Hall–Kier alpha value is -0.0800. The molecule has 2 atom stereocenters. The van der Waals surface area contributed by atoms with Crippen LogP contribution >= 0.6 is 0 Å². The third-order valence-electron chi connectivity index (χ3n) is 5.57. The van der Waals surface area contributed by atoms with Gasteiger partial charge in [0.2, 0.25) is 0 Å². The SMILES string of the molecule is CC1(N2C3CCCC2CC(N)C3)CCCCC1. The highest BCUT2D eigenvalue weighted by Gasteiger charge is 2.46. The lowest BCUT2D eigenvalue weighted by Gasteiger charge is -2.57. The molecule has 3 fully saturated rings. The second kappa shape index (κ2) is 4.55. The van der Waals surface area contributed by atoms with Gasteiger partial charge in [0.05, 0.1) is 0 Å². The lowest BCUT2D eigenvalue weighted by atomic mass is 9.73. The Morgan fingerprint density at radius 2 is 1.53 bits per heavy atom. The van der Waals surface area contributed by atoms with Crippen LogP contribution in [0.1, 0.15) is 71.1 Å². The van der Waals surface area contributed by atoms with E-state index in [0.29, 0.717) is 11.6 Å². The van der Waals surface area contributed by atoms with Gasteiger partial charge in [-0.25, -0.2) is 0 Å². The van der Waals surface area contributed by atoms with Gasteiger partial charge in [0.1, 0.15) is 0 Å². The van der Waals surface area contributed by atoms with E-state index in [0.717, 1.165) is 12.1 Å². The smallest absolute Gasteiger partial charge is 0.0187 e. The second-order valence-electron chi connectivity index (χ2n) is 6.93. The molecule has 2 bridgehead atoms. The van der Waals surface area contributed by atoms with Crippen LogP contribution in [0, 0.1) is 0 Å².